The zero-order chi connectivity index (χ0) is 12.4. The van der Waals surface area contributed by atoms with Gasteiger partial charge in [0.05, 0.1) is 5.56 Å². The summed E-state index contributed by atoms with van der Waals surface area (Å²) in [5.74, 6) is -0.986. The Morgan fingerprint density at radius 3 is 2.76 bits per heavy atom. The van der Waals surface area contributed by atoms with Crippen molar-refractivity contribution >= 4 is 17.6 Å². The second-order valence-corrected chi connectivity index (χ2v) is 4.16. The highest BCUT2D eigenvalue weighted by Gasteiger charge is 2.08. The maximum absolute atomic E-state index is 11.0. The molecule has 1 aromatic carbocycles. The molecular weight excluding hydrogens is 238 g/mol. The molecular formula is C13H10ClNO2. The fourth-order valence-corrected chi connectivity index (χ4v) is 1.90. The predicted octanol–water partition coefficient (Wildman–Crippen LogP) is 3.41. The molecule has 0 aliphatic rings. The minimum atomic E-state index is -0.986. The quantitative estimate of drug-likeness (QED) is 0.885. The van der Waals surface area contributed by atoms with Gasteiger partial charge < -0.3 is 5.11 Å². The second kappa shape index (κ2) is 4.55. The molecule has 17 heavy (non-hydrogen) atoms. The van der Waals surface area contributed by atoms with Crippen LogP contribution >= 0.6 is 11.6 Å². The van der Waals surface area contributed by atoms with Crippen molar-refractivity contribution in [1.82, 2.24) is 4.98 Å². The van der Waals surface area contributed by atoms with E-state index in [1.807, 2.05) is 13.0 Å². The summed E-state index contributed by atoms with van der Waals surface area (Å²) in [5.41, 5.74) is 2.88. The van der Waals surface area contributed by atoms with Crippen LogP contribution < -0.4 is 0 Å². The Bertz CT molecular complexity index is 581. The van der Waals surface area contributed by atoms with Crippen molar-refractivity contribution in [3.8, 4) is 11.1 Å². The van der Waals surface area contributed by atoms with Crippen molar-refractivity contribution in [3.63, 3.8) is 0 Å². The number of carboxylic acid groups (broad SMARTS) is 1. The summed E-state index contributed by atoms with van der Waals surface area (Å²) in [7, 11) is 0. The largest absolute Gasteiger partial charge is 0.478 e. The Balaban J connectivity index is 2.60. The number of rotatable bonds is 2. The molecule has 0 radical (unpaired) electrons. The van der Waals surface area contributed by atoms with Gasteiger partial charge in [-0.25, -0.2) is 4.79 Å². The van der Waals surface area contributed by atoms with E-state index < -0.39 is 5.97 Å². The first-order valence-corrected chi connectivity index (χ1v) is 5.40. The number of nitrogens with zero attached hydrogens (tertiary/aromatic N) is 1. The molecule has 4 heteroatoms. The molecule has 0 spiro atoms. The lowest BCUT2D eigenvalue weighted by Crippen LogP contribution is -1.97. The zero-order valence-electron chi connectivity index (χ0n) is 9.14. The van der Waals surface area contributed by atoms with E-state index in [4.69, 9.17) is 16.7 Å². The minimum Gasteiger partial charge on any atom is -0.478 e. The molecule has 2 rings (SSSR count). The van der Waals surface area contributed by atoms with Crippen molar-refractivity contribution in [2.75, 3.05) is 0 Å². The van der Waals surface area contributed by atoms with E-state index in [0.717, 1.165) is 16.7 Å². The molecule has 2 aromatic rings. The number of pyridine rings is 1. The smallest absolute Gasteiger partial charge is 0.335 e. The Labute approximate surface area is 104 Å². The van der Waals surface area contributed by atoms with Gasteiger partial charge in [0.25, 0.3) is 0 Å². The van der Waals surface area contributed by atoms with Gasteiger partial charge in [0.15, 0.2) is 0 Å². The van der Waals surface area contributed by atoms with Gasteiger partial charge in [-0.15, -0.1) is 0 Å². The highest BCUT2D eigenvalue weighted by Crippen LogP contribution is 2.26. The summed E-state index contributed by atoms with van der Waals surface area (Å²) in [6, 6.07) is 6.63. The molecule has 1 heterocycles. The van der Waals surface area contributed by atoms with E-state index in [-0.39, 0.29) is 5.56 Å². The Morgan fingerprint density at radius 2 is 2.12 bits per heavy atom. The van der Waals surface area contributed by atoms with Crippen molar-refractivity contribution in [3.05, 3.63) is 52.8 Å². The van der Waals surface area contributed by atoms with Crippen molar-refractivity contribution in [2.24, 2.45) is 0 Å². The highest BCUT2D eigenvalue weighted by molar-refractivity contribution is 6.31. The third kappa shape index (κ3) is 2.45. The van der Waals surface area contributed by atoms with Crippen LogP contribution in [0.15, 0.2) is 36.7 Å². The Hall–Kier alpha value is -1.87. The lowest BCUT2D eigenvalue weighted by molar-refractivity contribution is 0.0697. The maximum atomic E-state index is 11.0. The van der Waals surface area contributed by atoms with Crippen LogP contribution in [0.4, 0.5) is 0 Å². The number of aromatic carboxylic acids is 1. The number of benzene rings is 1. The van der Waals surface area contributed by atoms with Gasteiger partial charge in [-0.2, -0.15) is 0 Å². The number of hydrogen-bond acceptors (Lipinski definition) is 2. The number of carbonyl (C=O) groups is 1. The fraction of sp³-hybridized carbons (Fsp3) is 0.0769. The number of halogens is 1. The average molecular weight is 248 g/mol. The highest BCUT2D eigenvalue weighted by atomic mass is 35.5. The zero-order valence-corrected chi connectivity index (χ0v) is 9.90. The van der Waals surface area contributed by atoms with E-state index in [1.165, 1.54) is 6.07 Å². The summed E-state index contributed by atoms with van der Waals surface area (Å²) in [4.78, 5) is 15.0. The van der Waals surface area contributed by atoms with E-state index >= 15 is 0 Å². The van der Waals surface area contributed by atoms with Crippen LogP contribution in [0.2, 0.25) is 5.02 Å². The molecule has 0 unspecified atom stereocenters. The molecule has 0 saturated carbocycles. The van der Waals surface area contributed by atoms with Gasteiger partial charge >= 0.3 is 5.97 Å². The monoisotopic (exact) mass is 247 g/mol. The van der Waals surface area contributed by atoms with E-state index in [2.05, 4.69) is 4.98 Å². The number of aromatic nitrogens is 1. The molecule has 0 aliphatic carbocycles. The second-order valence-electron chi connectivity index (χ2n) is 3.72. The number of hydrogen-bond donors (Lipinski definition) is 1. The van der Waals surface area contributed by atoms with Crippen molar-refractivity contribution in [2.45, 2.75) is 6.92 Å². The predicted molar refractivity (Wildman–Crippen MR) is 66.4 cm³/mol. The summed E-state index contributed by atoms with van der Waals surface area (Å²) >= 11 is 5.92. The maximum Gasteiger partial charge on any atom is 0.335 e. The number of aryl methyl sites for hydroxylation is 1. The van der Waals surface area contributed by atoms with Crippen molar-refractivity contribution < 1.29 is 9.90 Å². The lowest BCUT2D eigenvalue weighted by atomic mass is 10.0. The van der Waals surface area contributed by atoms with Gasteiger partial charge in [0, 0.05) is 17.4 Å². The van der Waals surface area contributed by atoms with Crippen LogP contribution in [0.25, 0.3) is 11.1 Å². The normalized spacial score (nSPS) is 10.2. The number of carboxylic acids is 1. The molecule has 0 saturated heterocycles. The van der Waals surface area contributed by atoms with E-state index in [9.17, 15) is 4.79 Å². The topological polar surface area (TPSA) is 50.2 Å². The molecule has 3 nitrogen and oxygen atoms in total. The molecule has 1 N–H and O–H groups in total. The van der Waals surface area contributed by atoms with Crippen molar-refractivity contribution in [1.29, 1.82) is 0 Å². The molecule has 0 aliphatic heterocycles. The first kappa shape index (κ1) is 11.6. The first-order chi connectivity index (χ1) is 8.08. The summed E-state index contributed by atoms with van der Waals surface area (Å²) in [5, 5.41) is 9.39. The molecule has 1 aromatic heterocycles. The van der Waals surface area contributed by atoms with Crippen LogP contribution in [-0.2, 0) is 0 Å². The van der Waals surface area contributed by atoms with Crippen LogP contribution in [0.3, 0.4) is 0 Å². The molecule has 0 atom stereocenters. The van der Waals surface area contributed by atoms with Crippen LogP contribution in [0, 0.1) is 6.92 Å². The molecule has 0 bridgehead atoms. The average Bonchev–Trinajstić information content (AvgIpc) is 2.28. The van der Waals surface area contributed by atoms with Crippen LogP contribution in [-0.4, -0.2) is 16.1 Å². The third-order valence-electron chi connectivity index (χ3n) is 2.48. The Kier molecular flexibility index (Phi) is 3.11. The van der Waals surface area contributed by atoms with Gasteiger partial charge in [-0.3, -0.25) is 4.98 Å². The summed E-state index contributed by atoms with van der Waals surface area (Å²) < 4.78 is 0. The SMILES string of the molecule is Cc1cnccc1-c1cc(Cl)cc(C(=O)O)c1. The molecule has 0 amide bonds. The van der Waals surface area contributed by atoms with Gasteiger partial charge in [-0.05, 0) is 47.9 Å². The van der Waals surface area contributed by atoms with Crippen LogP contribution in [0.1, 0.15) is 15.9 Å². The minimum absolute atomic E-state index is 0.184. The van der Waals surface area contributed by atoms with Gasteiger partial charge in [-0.1, -0.05) is 11.6 Å². The third-order valence-corrected chi connectivity index (χ3v) is 2.69. The molecule has 86 valence electrons. The summed E-state index contributed by atoms with van der Waals surface area (Å²) in [6.45, 7) is 1.92. The summed E-state index contributed by atoms with van der Waals surface area (Å²) in [6.07, 6.45) is 3.40. The molecule has 0 fully saturated rings. The first-order valence-electron chi connectivity index (χ1n) is 5.03. The van der Waals surface area contributed by atoms with E-state index in [1.54, 1.807) is 24.5 Å². The standard InChI is InChI=1S/C13H10ClNO2/c1-8-7-15-3-2-12(8)9-4-10(13(16)17)6-11(14)5-9/h2-7H,1H3,(H,16,17). The van der Waals surface area contributed by atoms with Gasteiger partial charge in [0.1, 0.15) is 0 Å². The fourth-order valence-electron chi connectivity index (χ4n) is 1.67. The Morgan fingerprint density at radius 1 is 1.35 bits per heavy atom. The lowest BCUT2D eigenvalue weighted by Gasteiger charge is -2.07. The van der Waals surface area contributed by atoms with Crippen LogP contribution in [0.5, 0.6) is 0 Å². The van der Waals surface area contributed by atoms with Gasteiger partial charge in [0.2, 0.25) is 0 Å². The van der Waals surface area contributed by atoms with E-state index in [0.29, 0.717) is 5.02 Å².